The Labute approximate surface area is 150 Å². The van der Waals surface area contributed by atoms with Gasteiger partial charge in [0.25, 0.3) is 0 Å². The predicted octanol–water partition coefficient (Wildman–Crippen LogP) is 1.82. The Morgan fingerprint density at radius 1 is 1.19 bits per heavy atom. The summed E-state index contributed by atoms with van der Waals surface area (Å²) in [7, 11) is -9.99. The minimum absolute atomic E-state index is 0.0502. The molecule has 150 valence electrons. The molecule has 1 aromatic rings. The van der Waals surface area contributed by atoms with Gasteiger partial charge in [0.15, 0.2) is 0 Å². The molecule has 1 aliphatic rings. The predicted molar refractivity (Wildman–Crippen MR) is 92.1 cm³/mol. The van der Waals surface area contributed by atoms with Crippen LogP contribution in [-0.2, 0) is 28.2 Å². The SMILES string of the molecule is Cc1ccc(N(C)S(C)(=O)(OS(=O)(=O)C(F)(F)F)N2CCOCC2)cc1. The van der Waals surface area contributed by atoms with Gasteiger partial charge in [-0.2, -0.15) is 30.1 Å². The van der Waals surface area contributed by atoms with E-state index in [0.717, 1.165) is 20.4 Å². The van der Waals surface area contributed by atoms with Crippen LogP contribution in [-0.4, -0.2) is 62.0 Å². The lowest BCUT2D eigenvalue weighted by Gasteiger charge is -2.57. The molecule has 0 atom stereocenters. The number of nitrogens with zero attached hydrogens (tertiary/aromatic N) is 2. The third-order valence-electron chi connectivity index (χ3n) is 4.10. The van der Waals surface area contributed by atoms with E-state index in [9.17, 15) is 25.8 Å². The Balaban J connectivity index is 2.58. The van der Waals surface area contributed by atoms with E-state index < -0.39 is 25.3 Å². The summed E-state index contributed by atoms with van der Waals surface area (Å²) in [4.78, 5) is 0. The van der Waals surface area contributed by atoms with E-state index in [1.54, 1.807) is 19.1 Å². The zero-order valence-electron chi connectivity index (χ0n) is 14.5. The number of alkyl halides is 3. The Morgan fingerprint density at radius 2 is 1.69 bits per heavy atom. The third-order valence-corrected chi connectivity index (χ3v) is 9.62. The highest BCUT2D eigenvalue weighted by molar-refractivity contribution is 8.19. The van der Waals surface area contributed by atoms with Crippen molar-refractivity contribution in [3.8, 4) is 0 Å². The lowest BCUT2D eigenvalue weighted by Crippen LogP contribution is -2.65. The normalized spacial score (nSPS) is 18.9. The van der Waals surface area contributed by atoms with Gasteiger partial charge in [0.1, 0.15) is 0 Å². The first-order chi connectivity index (χ1) is 11.8. The standard InChI is InChI=1S/C14H21F3N2O5S2/c1-12-4-6-13(7-5-12)18(2)26(3,22,19-8-10-23-11-9-19)24-25(20,21)14(15,16)17/h4-7H,8-11H2,1-3H3. The minimum atomic E-state index is -6.11. The molecule has 12 heteroatoms. The van der Waals surface area contributed by atoms with Crippen molar-refractivity contribution in [1.29, 1.82) is 0 Å². The van der Waals surface area contributed by atoms with Crippen molar-refractivity contribution in [3.05, 3.63) is 29.8 Å². The van der Waals surface area contributed by atoms with Crippen LogP contribution in [0.3, 0.4) is 0 Å². The monoisotopic (exact) mass is 418 g/mol. The fraction of sp³-hybridized carbons (Fsp3) is 0.571. The first kappa shape index (κ1) is 21.1. The Bertz CT molecular complexity index is 820. The number of rotatable bonds is 5. The Kier molecular flexibility index (Phi) is 5.48. The first-order valence-electron chi connectivity index (χ1n) is 7.58. The second kappa shape index (κ2) is 6.75. The smallest absolute Gasteiger partial charge is 0.379 e. The molecule has 0 spiro atoms. The van der Waals surface area contributed by atoms with Gasteiger partial charge in [-0.15, -0.1) is 3.63 Å². The molecule has 2 rings (SSSR count). The van der Waals surface area contributed by atoms with Crippen LogP contribution in [0.15, 0.2) is 24.3 Å². The second-order valence-corrected chi connectivity index (χ2v) is 11.3. The number of morpholine rings is 1. The van der Waals surface area contributed by atoms with Crippen LogP contribution in [0.1, 0.15) is 5.56 Å². The van der Waals surface area contributed by atoms with Crippen molar-refractivity contribution in [1.82, 2.24) is 4.31 Å². The highest BCUT2D eigenvalue weighted by atomic mass is 32.4. The topological polar surface area (TPSA) is 76.2 Å². The molecule has 0 aliphatic carbocycles. The van der Waals surface area contributed by atoms with Crippen molar-refractivity contribution >= 4 is 25.5 Å². The minimum Gasteiger partial charge on any atom is -0.379 e. The van der Waals surface area contributed by atoms with Crippen molar-refractivity contribution < 1.29 is 34.2 Å². The summed E-state index contributed by atoms with van der Waals surface area (Å²) in [6.07, 6.45) is 0.881. The van der Waals surface area contributed by atoms with E-state index in [-0.39, 0.29) is 32.0 Å². The molecule has 1 heterocycles. The van der Waals surface area contributed by atoms with Crippen LogP contribution >= 0.6 is 0 Å². The molecule has 0 amide bonds. The average molecular weight is 418 g/mol. The fourth-order valence-electron chi connectivity index (χ4n) is 2.46. The second-order valence-electron chi connectivity index (χ2n) is 5.99. The molecule has 1 saturated heterocycles. The van der Waals surface area contributed by atoms with E-state index in [2.05, 4.69) is 3.63 Å². The maximum atomic E-state index is 13.9. The van der Waals surface area contributed by atoms with Gasteiger partial charge in [0, 0.05) is 20.1 Å². The average Bonchev–Trinajstić information content (AvgIpc) is 2.54. The van der Waals surface area contributed by atoms with Gasteiger partial charge in [0.2, 0.25) is 0 Å². The number of benzene rings is 1. The van der Waals surface area contributed by atoms with E-state index >= 15 is 0 Å². The van der Waals surface area contributed by atoms with Gasteiger partial charge in [-0.1, -0.05) is 27.4 Å². The number of anilines is 1. The van der Waals surface area contributed by atoms with Gasteiger partial charge in [-0.25, -0.2) is 0 Å². The van der Waals surface area contributed by atoms with Gasteiger partial charge in [-0.3, -0.25) is 4.31 Å². The van der Waals surface area contributed by atoms with Crippen LogP contribution < -0.4 is 4.31 Å². The summed E-state index contributed by atoms with van der Waals surface area (Å²) < 4.78 is 87.7. The van der Waals surface area contributed by atoms with Crippen LogP contribution in [0.5, 0.6) is 0 Å². The van der Waals surface area contributed by atoms with Crippen molar-refractivity contribution in [3.63, 3.8) is 0 Å². The Hall–Kier alpha value is -1.21. The third kappa shape index (κ3) is 3.88. The summed E-state index contributed by atoms with van der Waals surface area (Å²) >= 11 is 0. The van der Waals surface area contributed by atoms with Crippen molar-refractivity contribution in [2.45, 2.75) is 12.4 Å². The van der Waals surface area contributed by atoms with Gasteiger partial charge >= 0.3 is 15.6 Å². The lowest BCUT2D eigenvalue weighted by molar-refractivity contribution is -0.0503. The van der Waals surface area contributed by atoms with Gasteiger partial charge in [-0.05, 0) is 19.1 Å². The quantitative estimate of drug-likeness (QED) is 0.682. The summed E-state index contributed by atoms with van der Waals surface area (Å²) in [5, 5.41) is 0. The van der Waals surface area contributed by atoms with E-state index in [0.29, 0.717) is 0 Å². The zero-order valence-corrected chi connectivity index (χ0v) is 16.2. The highest BCUT2D eigenvalue weighted by Gasteiger charge is 2.54. The summed E-state index contributed by atoms with van der Waals surface area (Å²) in [5.74, 6) is 0. The molecule has 1 fully saturated rings. The molecule has 0 aromatic heterocycles. The first-order valence-corrected chi connectivity index (χ1v) is 11.2. The fourth-order valence-corrected chi connectivity index (χ4v) is 7.05. The number of ether oxygens (including phenoxy) is 1. The summed E-state index contributed by atoms with van der Waals surface area (Å²) in [5.41, 5.74) is -4.58. The van der Waals surface area contributed by atoms with Crippen molar-refractivity contribution in [2.75, 3.05) is 43.9 Å². The zero-order chi connectivity index (χ0) is 19.8. The molecule has 0 bridgehead atoms. The molecule has 0 N–H and O–H groups in total. The van der Waals surface area contributed by atoms with Crippen LogP contribution in [0, 0.1) is 6.92 Å². The molecular formula is C14H21F3N2O5S2. The molecule has 0 radical (unpaired) electrons. The van der Waals surface area contributed by atoms with Crippen LogP contribution in [0.4, 0.5) is 18.9 Å². The van der Waals surface area contributed by atoms with Gasteiger partial charge < -0.3 is 4.74 Å². The number of hydrogen-bond donors (Lipinski definition) is 0. The van der Waals surface area contributed by atoms with Crippen molar-refractivity contribution in [2.24, 2.45) is 0 Å². The number of hydrogen-bond acceptors (Lipinski definition) is 5. The summed E-state index contributed by atoms with van der Waals surface area (Å²) in [6, 6.07) is 6.38. The van der Waals surface area contributed by atoms with E-state index in [1.165, 1.54) is 19.2 Å². The summed E-state index contributed by atoms with van der Waals surface area (Å²) in [6.45, 7) is 1.87. The maximum absolute atomic E-state index is 13.9. The maximum Gasteiger partial charge on any atom is 0.524 e. The molecule has 0 saturated carbocycles. The Morgan fingerprint density at radius 3 is 2.15 bits per heavy atom. The molecule has 7 nitrogen and oxygen atoms in total. The van der Waals surface area contributed by atoms with Gasteiger partial charge in [0.05, 0.1) is 25.2 Å². The largest absolute Gasteiger partial charge is 0.524 e. The van der Waals surface area contributed by atoms with Crippen LogP contribution in [0.2, 0.25) is 0 Å². The molecule has 1 aliphatic heterocycles. The molecule has 1 aromatic carbocycles. The van der Waals surface area contributed by atoms with E-state index in [1.807, 2.05) is 0 Å². The molecule has 0 unspecified atom stereocenters. The molecular weight excluding hydrogens is 397 g/mol. The number of aryl methyl sites for hydroxylation is 1. The number of halogens is 3. The molecule has 26 heavy (non-hydrogen) atoms. The van der Waals surface area contributed by atoms with Crippen LogP contribution in [0.25, 0.3) is 0 Å². The highest BCUT2D eigenvalue weighted by Crippen LogP contribution is 2.41. The lowest BCUT2D eigenvalue weighted by atomic mass is 10.2. The van der Waals surface area contributed by atoms with E-state index in [4.69, 9.17) is 4.74 Å².